The fraction of sp³-hybridized carbons (Fsp3) is 0.444. The Labute approximate surface area is 143 Å². The monoisotopic (exact) mass is 330 g/mol. The molecule has 1 amide bonds. The summed E-state index contributed by atoms with van der Waals surface area (Å²) in [6, 6.07) is 8.40. The summed E-state index contributed by atoms with van der Waals surface area (Å²) < 4.78 is 0. The third-order valence-electron chi connectivity index (χ3n) is 4.01. The van der Waals surface area contributed by atoms with Gasteiger partial charge in [0, 0.05) is 52.7 Å². The van der Waals surface area contributed by atoms with Crippen LogP contribution in [0.3, 0.4) is 0 Å². The fourth-order valence-electron chi connectivity index (χ4n) is 2.84. The summed E-state index contributed by atoms with van der Waals surface area (Å²) in [5.41, 5.74) is 3.13. The van der Waals surface area contributed by atoms with Gasteiger partial charge in [-0.15, -0.1) is 0 Å². The highest BCUT2D eigenvalue weighted by Gasteiger charge is 2.19. The molecule has 1 heterocycles. The normalized spacial score (nSPS) is 16.7. The number of β-amino-alcohol motifs (C(OH)–C–C–N with tert-alkyl or cyclic N) is 1. The van der Waals surface area contributed by atoms with Crippen molar-refractivity contribution in [3.05, 3.63) is 47.2 Å². The minimum Gasteiger partial charge on any atom is -0.393 e. The maximum atomic E-state index is 12.0. The quantitative estimate of drug-likeness (QED) is 0.497. The average molecular weight is 330 g/mol. The molecule has 24 heavy (non-hydrogen) atoms. The maximum absolute atomic E-state index is 12.0. The first kappa shape index (κ1) is 18.2. The zero-order valence-electron chi connectivity index (χ0n) is 14.3. The van der Waals surface area contributed by atoms with Gasteiger partial charge in [-0.3, -0.25) is 14.7 Å². The Morgan fingerprint density at radius 2 is 2.17 bits per heavy atom. The van der Waals surface area contributed by atoms with E-state index in [1.807, 2.05) is 6.07 Å². The number of aliphatic imine (C=N–C) groups is 1. The number of carbonyl (C=O) groups is 1. The Balaban J connectivity index is 1.80. The van der Waals surface area contributed by atoms with E-state index in [2.05, 4.69) is 38.7 Å². The molecule has 6 nitrogen and oxygen atoms in total. The minimum atomic E-state index is -0.603. The lowest BCUT2D eigenvalue weighted by Crippen LogP contribution is -2.42. The van der Waals surface area contributed by atoms with Gasteiger partial charge in [0.15, 0.2) is 0 Å². The topological polar surface area (TPSA) is 77.0 Å². The Hall–Kier alpha value is -2.18. The maximum Gasteiger partial charge on any atom is 0.254 e. The van der Waals surface area contributed by atoms with E-state index in [9.17, 15) is 9.90 Å². The largest absolute Gasteiger partial charge is 0.393 e. The van der Waals surface area contributed by atoms with Crippen LogP contribution in [0.1, 0.15) is 11.1 Å². The van der Waals surface area contributed by atoms with Crippen LogP contribution < -0.4 is 10.6 Å². The zero-order chi connectivity index (χ0) is 17.4. The Bertz CT molecular complexity index is 613. The van der Waals surface area contributed by atoms with Gasteiger partial charge in [-0.2, -0.15) is 0 Å². The van der Waals surface area contributed by atoms with E-state index < -0.39 is 6.10 Å². The molecule has 1 aliphatic rings. The van der Waals surface area contributed by atoms with E-state index in [-0.39, 0.29) is 12.5 Å². The van der Waals surface area contributed by atoms with E-state index in [1.54, 1.807) is 20.3 Å². The van der Waals surface area contributed by atoms with Crippen molar-refractivity contribution in [3.8, 4) is 0 Å². The molecule has 1 aromatic rings. The molecule has 0 saturated carbocycles. The highest BCUT2D eigenvalue weighted by Crippen LogP contribution is 2.18. The van der Waals surface area contributed by atoms with Crippen LogP contribution in [0.25, 0.3) is 0 Å². The summed E-state index contributed by atoms with van der Waals surface area (Å²) in [5, 5.41) is 15.8. The van der Waals surface area contributed by atoms with Gasteiger partial charge >= 0.3 is 0 Å². The van der Waals surface area contributed by atoms with Gasteiger partial charge in [-0.05, 0) is 17.5 Å². The number of aliphatic hydroxyl groups excluding tert-OH is 1. The highest BCUT2D eigenvalue weighted by atomic mass is 16.3. The van der Waals surface area contributed by atoms with Crippen LogP contribution in [0.2, 0.25) is 0 Å². The number of rotatable bonds is 7. The molecule has 0 fully saturated rings. The lowest BCUT2D eigenvalue weighted by molar-refractivity contribution is -0.117. The second-order valence-corrected chi connectivity index (χ2v) is 5.89. The molecule has 1 aliphatic heterocycles. The summed E-state index contributed by atoms with van der Waals surface area (Å²) >= 11 is 0. The summed E-state index contributed by atoms with van der Waals surface area (Å²) in [6.45, 7) is 2.53. The van der Waals surface area contributed by atoms with E-state index in [0.29, 0.717) is 12.1 Å². The molecule has 0 spiro atoms. The molecule has 130 valence electrons. The van der Waals surface area contributed by atoms with Gasteiger partial charge < -0.3 is 15.7 Å². The highest BCUT2D eigenvalue weighted by molar-refractivity contribution is 6.12. The Morgan fingerprint density at radius 1 is 1.42 bits per heavy atom. The standard InChI is InChI=1S/C18H26N4O2/c1-19-9-16(10-20-2)18(24)21-11-17(23)13-22-8-7-14-5-3-4-6-15(14)12-22/h3-6,9-10,17,19,23H,7-8,11-13H2,1-2H3,(H,21,24)/b16-9+,20-10-. The molecule has 0 aromatic heterocycles. The van der Waals surface area contributed by atoms with Crippen LogP contribution in [0, 0.1) is 0 Å². The smallest absolute Gasteiger partial charge is 0.254 e. The van der Waals surface area contributed by atoms with Crippen molar-refractivity contribution in [2.75, 3.05) is 33.7 Å². The van der Waals surface area contributed by atoms with Crippen molar-refractivity contribution >= 4 is 12.1 Å². The number of benzene rings is 1. The summed E-state index contributed by atoms with van der Waals surface area (Å²) in [6.07, 6.45) is 3.46. The van der Waals surface area contributed by atoms with E-state index in [0.717, 1.165) is 19.5 Å². The molecule has 0 bridgehead atoms. The third kappa shape index (κ3) is 5.18. The number of fused-ring (bicyclic) bond motifs is 1. The lowest BCUT2D eigenvalue weighted by Gasteiger charge is -2.30. The predicted molar refractivity (Wildman–Crippen MR) is 96.0 cm³/mol. The van der Waals surface area contributed by atoms with Crippen LogP contribution in [-0.2, 0) is 17.8 Å². The Morgan fingerprint density at radius 3 is 2.88 bits per heavy atom. The summed E-state index contributed by atoms with van der Waals surface area (Å²) in [4.78, 5) is 18.1. The number of hydrogen-bond acceptors (Lipinski definition) is 5. The fourth-order valence-corrected chi connectivity index (χ4v) is 2.84. The number of aliphatic hydroxyl groups is 1. The summed E-state index contributed by atoms with van der Waals surface area (Å²) in [5.74, 6) is -0.252. The van der Waals surface area contributed by atoms with Gasteiger partial charge in [-0.25, -0.2) is 0 Å². The molecule has 1 aromatic carbocycles. The van der Waals surface area contributed by atoms with Crippen molar-refractivity contribution in [1.82, 2.24) is 15.5 Å². The SMILES string of the molecule is C/N=C\C(=C/NC)C(=O)NCC(O)CN1CCc2ccccc2C1. The molecule has 1 unspecified atom stereocenters. The predicted octanol–water partition coefficient (Wildman–Crippen LogP) is 0.326. The number of amides is 1. The molecule has 1 atom stereocenters. The number of nitrogens with zero attached hydrogens (tertiary/aromatic N) is 2. The van der Waals surface area contributed by atoms with Crippen LogP contribution in [0.5, 0.6) is 0 Å². The molecule has 0 aliphatic carbocycles. The first-order chi connectivity index (χ1) is 11.6. The lowest BCUT2D eigenvalue weighted by atomic mass is 10.00. The van der Waals surface area contributed by atoms with Gasteiger partial charge in [0.05, 0.1) is 11.7 Å². The van der Waals surface area contributed by atoms with E-state index in [4.69, 9.17) is 0 Å². The summed E-state index contributed by atoms with van der Waals surface area (Å²) in [7, 11) is 3.33. The molecular weight excluding hydrogens is 304 g/mol. The van der Waals surface area contributed by atoms with Crippen LogP contribution in [-0.4, -0.2) is 62.0 Å². The van der Waals surface area contributed by atoms with Crippen LogP contribution in [0.4, 0.5) is 0 Å². The van der Waals surface area contributed by atoms with Crippen molar-refractivity contribution in [2.24, 2.45) is 4.99 Å². The van der Waals surface area contributed by atoms with E-state index >= 15 is 0 Å². The second kappa shape index (κ2) is 9.20. The average Bonchev–Trinajstić information content (AvgIpc) is 2.59. The first-order valence-corrected chi connectivity index (χ1v) is 8.19. The number of carbonyl (C=O) groups excluding carboxylic acids is 1. The van der Waals surface area contributed by atoms with Gasteiger partial charge in [0.1, 0.15) is 0 Å². The molecule has 0 radical (unpaired) electrons. The first-order valence-electron chi connectivity index (χ1n) is 8.19. The van der Waals surface area contributed by atoms with Crippen molar-refractivity contribution in [1.29, 1.82) is 0 Å². The van der Waals surface area contributed by atoms with Crippen LogP contribution in [0.15, 0.2) is 41.0 Å². The van der Waals surface area contributed by atoms with Crippen molar-refractivity contribution in [3.63, 3.8) is 0 Å². The van der Waals surface area contributed by atoms with E-state index in [1.165, 1.54) is 17.3 Å². The third-order valence-corrected chi connectivity index (χ3v) is 4.01. The zero-order valence-corrected chi connectivity index (χ0v) is 14.3. The number of hydrogen-bond donors (Lipinski definition) is 3. The van der Waals surface area contributed by atoms with Crippen molar-refractivity contribution < 1.29 is 9.90 Å². The molecular formula is C18H26N4O2. The minimum absolute atomic E-state index is 0.218. The van der Waals surface area contributed by atoms with Crippen molar-refractivity contribution in [2.45, 2.75) is 19.1 Å². The van der Waals surface area contributed by atoms with Crippen LogP contribution >= 0.6 is 0 Å². The molecule has 6 heteroatoms. The Kier molecular flexibility index (Phi) is 6.96. The van der Waals surface area contributed by atoms with Gasteiger partial charge in [0.25, 0.3) is 5.91 Å². The van der Waals surface area contributed by atoms with Gasteiger partial charge in [0.2, 0.25) is 0 Å². The molecule has 3 N–H and O–H groups in total. The second-order valence-electron chi connectivity index (χ2n) is 5.89. The van der Waals surface area contributed by atoms with Gasteiger partial charge in [-0.1, -0.05) is 24.3 Å². The number of nitrogens with one attached hydrogen (secondary N) is 2. The molecule has 2 rings (SSSR count). The molecule has 0 saturated heterocycles.